The van der Waals surface area contributed by atoms with Gasteiger partial charge in [-0.3, -0.25) is 14.2 Å². The van der Waals surface area contributed by atoms with Crippen LogP contribution in [0, 0.1) is 12.8 Å². The number of aromatic nitrogens is 1. The average Bonchev–Trinajstić information content (AvgIpc) is 3.13. The molecule has 9 heteroatoms. The highest BCUT2D eigenvalue weighted by Crippen LogP contribution is 2.34. The molecule has 0 aliphatic heterocycles. The first-order valence-electron chi connectivity index (χ1n) is 12.3. The maximum atomic E-state index is 13.6. The van der Waals surface area contributed by atoms with Crippen molar-refractivity contribution in [3.05, 3.63) is 94.7 Å². The summed E-state index contributed by atoms with van der Waals surface area (Å²) in [6, 6.07) is 18.2. The summed E-state index contributed by atoms with van der Waals surface area (Å²) >= 11 is 0. The van der Waals surface area contributed by atoms with Gasteiger partial charge in [-0.25, -0.2) is 0 Å². The van der Waals surface area contributed by atoms with Crippen molar-refractivity contribution >= 4 is 22.8 Å². The number of aliphatic carboxylic acids is 1. The monoisotopic (exact) mass is 539 g/mol. The van der Waals surface area contributed by atoms with E-state index in [2.05, 4.69) is 4.74 Å². The number of rotatable bonds is 9. The van der Waals surface area contributed by atoms with Crippen molar-refractivity contribution in [2.45, 2.75) is 39.5 Å². The van der Waals surface area contributed by atoms with Gasteiger partial charge in [0, 0.05) is 23.1 Å². The van der Waals surface area contributed by atoms with Gasteiger partial charge in [0.05, 0.1) is 12.6 Å². The first-order chi connectivity index (χ1) is 18.4. The summed E-state index contributed by atoms with van der Waals surface area (Å²) in [5, 5.41) is 9.55. The van der Waals surface area contributed by atoms with E-state index < -0.39 is 12.3 Å². The van der Waals surface area contributed by atoms with Crippen LogP contribution >= 0.6 is 0 Å². The number of benzene rings is 3. The number of hydrogen-bond donors (Lipinski definition) is 1. The van der Waals surface area contributed by atoms with E-state index in [1.807, 2.05) is 31.2 Å². The van der Waals surface area contributed by atoms with Crippen molar-refractivity contribution in [2.75, 3.05) is 7.11 Å². The fourth-order valence-corrected chi connectivity index (χ4v) is 4.85. The number of methoxy groups -OCH3 is 1. The molecule has 1 heterocycles. The zero-order valence-corrected chi connectivity index (χ0v) is 21.7. The molecule has 1 aromatic heterocycles. The SMILES string of the molecule is COc1ccc(C(=O)n2c(C)c(Cc3cccc(C[C@@H](C)CC(=O)O)c3)c3cc(OC(F)(F)F)ccc32)cc1. The molecular formula is C30H28F3NO5. The second kappa shape index (κ2) is 11.2. The lowest BCUT2D eigenvalue weighted by molar-refractivity contribution is -0.274. The highest BCUT2D eigenvalue weighted by Gasteiger charge is 2.31. The van der Waals surface area contributed by atoms with Crippen LogP contribution in [0.3, 0.4) is 0 Å². The zero-order chi connectivity index (χ0) is 28.3. The lowest BCUT2D eigenvalue weighted by Gasteiger charge is -2.11. The average molecular weight is 540 g/mol. The predicted octanol–water partition coefficient (Wildman–Crippen LogP) is 6.79. The number of hydrogen-bond acceptors (Lipinski definition) is 4. The van der Waals surface area contributed by atoms with Gasteiger partial charge in [-0.2, -0.15) is 0 Å². The van der Waals surface area contributed by atoms with E-state index in [-0.39, 0.29) is 24.0 Å². The normalized spacial score (nSPS) is 12.4. The summed E-state index contributed by atoms with van der Waals surface area (Å²) in [7, 11) is 1.52. The van der Waals surface area contributed by atoms with E-state index in [4.69, 9.17) is 9.84 Å². The Morgan fingerprint density at radius 2 is 1.64 bits per heavy atom. The Bertz CT molecular complexity index is 1510. The first kappa shape index (κ1) is 27.8. The van der Waals surface area contributed by atoms with Gasteiger partial charge in [-0.15, -0.1) is 13.2 Å². The van der Waals surface area contributed by atoms with Gasteiger partial charge in [-0.1, -0.05) is 31.2 Å². The molecule has 1 N–H and O–H groups in total. The molecule has 0 bridgehead atoms. The van der Waals surface area contributed by atoms with Crippen molar-refractivity contribution < 1.29 is 37.3 Å². The molecular weight excluding hydrogens is 511 g/mol. The van der Waals surface area contributed by atoms with E-state index >= 15 is 0 Å². The van der Waals surface area contributed by atoms with Crippen molar-refractivity contribution in [2.24, 2.45) is 5.92 Å². The van der Waals surface area contributed by atoms with Crippen LogP contribution in [0.2, 0.25) is 0 Å². The third-order valence-electron chi connectivity index (χ3n) is 6.56. The summed E-state index contributed by atoms with van der Waals surface area (Å²) in [4.78, 5) is 24.6. The molecule has 39 heavy (non-hydrogen) atoms. The minimum Gasteiger partial charge on any atom is -0.497 e. The zero-order valence-electron chi connectivity index (χ0n) is 21.7. The van der Waals surface area contributed by atoms with Crippen molar-refractivity contribution in [3.8, 4) is 11.5 Å². The Morgan fingerprint density at radius 1 is 0.974 bits per heavy atom. The Kier molecular flexibility index (Phi) is 7.99. The highest BCUT2D eigenvalue weighted by atomic mass is 19.4. The summed E-state index contributed by atoms with van der Waals surface area (Å²) in [6.45, 7) is 3.63. The maximum absolute atomic E-state index is 13.6. The van der Waals surface area contributed by atoms with Crippen LogP contribution in [0.25, 0.3) is 10.9 Å². The molecule has 0 saturated heterocycles. The molecule has 4 rings (SSSR count). The molecule has 204 valence electrons. The van der Waals surface area contributed by atoms with Gasteiger partial charge in [0.15, 0.2) is 0 Å². The fourth-order valence-electron chi connectivity index (χ4n) is 4.85. The Hall–Kier alpha value is -4.27. The molecule has 0 fully saturated rings. The summed E-state index contributed by atoms with van der Waals surface area (Å²) in [5.41, 5.74) is 3.99. The van der Waals surface area contributed by atoms with Gasteiger partial charge in [-0.05, 0) is 84.8 Å². The van der Waals surface area contributed by atoms with E-state index in [0.717, 1.165) is 11.1 Å². The Labute approximate surface area is 223 Å². The number of carbonyl (C=O) groups is 2. The molecule has 4 aromatic rings. The van der Waals surface area contributed by atoms with Crippen LogP contribution in [0.5, 0.6) is 11.5 Å². The molecule has 6 nitrogen and oxygen atoms in total. The topological polar surface area (TPSA) is 77.8 Å². The van der Waals surface area contributed by atoms with Crippen LogP contribution in [-0.4, -0.2) is 35.0 Å². The second-order valence-corrected chi connectivity index (χ2v) is 9.56. The number of alkyl halides is 3. The molecule has 0 radical (unpaired) electrons. The molecule has 0 amide bonds. The number of fused-ring (bicyclic) bond motifs is 1. The molecule has 0 aliphatic rings. The van der Waals surface area contributed by atoms with Crippen molar-refractivity contribution in [1.29, 1.82) is 0 Å². The smallest absolute Gasteiger partial charge is 0.497 e. The number of nitrogens with zero attached hydrogens (tertiary/aromatic N) is 1. The quantitative estimate of drug-likeness (QED) is 0.253. The Morgan fingerprint density at radius 3 is 2.28 bits per heavy atom. The summed E-state index contributed by atoms with van der Waals surface area (Å²) < 4.78 is 49.8. The number of halogens is 3. The van der Waals surface area contributed by atoms with Crippen molar-refractivity contribution in [3.63, 3.8) is 0 Å². The molecule has 1 atom stereocenters. The third kappa shape index (κ3) is 6.60. The van der Waals surface area contributed by atoms with Gasteiger partial charge >= 0.3 is 12.3 Å². The number of carbonyl (C=O) groups excluding carboxylic acids is 1. The maximum Gasteiger partial charge on any atom is 0.573 e. The molecule has 3 aromatic carbocycles. The molecule has 0 unspecified atom stereocenters. The summed E-state index contributed by atoms with van der Waals surface area (Å²) in [5.74, 6) is -1.03. The first-order valence-corrected chi connectivity index (χ1v) is 12.3. The lowest BCUT2D eigenvalue weighted by Crippen LogP contribution is -2.17. The minimum absolute atomic E-state index is 0.0479. The third-order valence-corrected chi connectivity index (χ3v) is 6.56. The standard InChI is InChI=1S/C30H28F3NO5/c1-18(14-28(35)36)13-20-5-4-6-21(15-20)16-25-19(2)34(29(37)22-7-9-23(38-3)10-8-22)27-12-11-24(17-26(25)27)39-30(31,32)33/h4-12,15,17-18H,13-14,16H2,1-3H3,(H,35,36)/t18-/m1/s1. The van der Waals surface area contributed by atoms with Crippen LogP contribution in [0.15, 0.2) is 66.7 Å². The number of ether oxygens (including phenoxy) is 2. The Balaban J connectivity index is 1.77. The van der Waals surface area contributed by atoms with E-state index in [1.165, 1.54) is 29.9 Å². The van der Waals surface area contributed by atoms with Gasteiger partial charge in [0.2, 0.25) is 0 Å². The van der Waals surface area contributed by atoms with Gasteiger partial charge in [0.25, 0.3) is 5.91 Å². The lowest BCUT2D eigenvalue weighted by atomic mass is 9.95. The highest BCUT2D eigenvalue weighted by molar-refractivity contribution is 6.04. The molecule has 0 aliphatic carbocycles. The van der Waals surface area contributed by atoms with Crippen molar-refractivity contribution in [1.82, 2.24) is 4.57 Å². The predicted molar refractivity (Wildman–Crippen MR) is 140 cm³/mol. The van der Waals surface area contributed by atoms with E-state index in [9.17, 15) is 22.8 Å². The van der Waals surface area contributed by atoms with Crippen LogP contribution in [0.4, 0.5) is 13.2 Å². The second-order valence-electron chi connectivity index (χ2n) is 9.56. The number of carboxylic acids is 1. The molecule has 0 spiro atoms. The van der Waals surface area contributed by atoms with Gasteiger partial charge in [0.1, 0.15) is 11.5 Å². The largest absolute Gasteiger partial charge is 0.573 e. The number of carboxylic acid groups (broad SMARTS) is 1. The summed E-state index contributed by atoms with van der Waals surface area (Å²) in [6.07, 6.45) is -3.89. The van der Waals surface area contributed by atoms with E-state index in [1.54, 1.807) is 31.2 Å². The minimum atomic E-state index is -4.86. The molecule has 0 saturated carbocycles. The van der Waals surface area contributed by atoms with E-state index in [0.29, 0.717) is 46.3 Å². The fraction of sp³-hybridized carbons (Fsp3) is 0.267. The van der Waals surface area contributed by atoms with Crippen LogP contribution in [-0.2, 0) is 17.6 Å². The van der Waals surface area contributed by atoms with Crippen LogP contribution < -0.4 is 9.47 Å². The van der Waals surface area contributed by atoms with Gasteiger partial charge < -0.3 is 14.6 Å². The van der Waals surface area contributed by atoms with Crippen LogP contribution in [0.1, 0.15) is 46.1 Å².